The molecule has 0 aliphatic carbocycles. The number of nitrogens with one attached hydrogen (secondary N) is 1. The number of hydrogen-bond acceptors (Lipinski definition) is 4. The molecular weight excluding hydrogens is 234 g/mol. The van der Waals surface area contributed by atoms with Crippen LogP contribution in [0, 0.1) is 13.8 Å². The highest BCUT2D eigenvalue weighted by Gasteiger charge is 2.08. The summed E-state index contributed by atoms with van der Waals surface area (Å²) in [7, 11) is 1.27. The van der Waals surface area contributed by atoms with Crippen LogP contribution in [0.15, 0.2) is 18.2 Å². The second-order valence-corrected chi connectivity index (χ2v) is 3.86. The Hall–Kier alpha value is -2.04. The van der Waals surface area contributed by atoms with Crippen LogP contribution >= 0.6 is 0 Å². The Morgan fingerprint density at radius 2 is 1.83 bits per heavy atom. The molecule has 0 heterocycles. The molecule has 0 atom stereocenters. The lowest BCUT2D eigenvalue weighted by molar-refractivity contribution is -0.141. The first-order valence-electron chi connectivity index (χ1n) is 5.57. The largest absolute Gasteiger partial charge is 0.483 e. The van der Waals surface area contributed by atoms with Crippen molar-refractivity contribution in [1.82, 2.24) is 5.32 Å². The minimum absolute atomic E-state index is 0.122. The summed E-state index contributed by atoms with van der Waals surface area (Å²) in [5.41, 5.74) is 1.94. The summed E-state index contributed by atoms with van der Waals surface area (Å²) in [6.45, 7) is 3.55. The van der Waals surface area contributed by atoms with Crippen LogP contribution in [-0.2, 0) is 14.3 Å². The van der Waals surface area contributed by atoms with Gasteiger partial charge in [-0.25, -0.2) is 0 Å². The molecule has 0 aliphatic rings. The SMILES string of the molecule is COC(=O)CNC(=O)COc1c(C)cccc1C. The topological polar surface area (TPSA) is 64.6 Å². The van der Waals surface area contributed by atoms with Crippen LogP contribution < -0.4 is 10.1 Å². The van der Waals surface area contributed by atoms with Gasteiger partial charge < -0.3 is 14.8 Å². The Morgan fingerprint density at radius 1 is 1.22 bits per heavy atom. The molecule has 0 saturated carbocycles. The third kappa shape index (κ3) is 4.08. The molecule has 0 unspecified atom stereocenters. The number of rotatable bonds is 5. The third-order valence-electron chi connectivity index (χ3n) is 2.41. The van der Waals surface area contributed by atoms with E-state index in [1.165, 1.54) is 7.11 Å². The summed E-state index contributed by atoms with van der Waals surface area (Å²) in [6.07, 6.45) is 0. The van der Waals surface area contributed by atoms with E-state index in [1.54, 1.807) is 0 Å². The monoisotopic (exact) mass is 251 g/mol. The lowest BCUT2D eigenvalue weighted by Crippen LogP contribution is -2.33. The molecule has 0 spiro atoms. The standard InChI is InChI=1S/C13H17NO4/c1-9-5-4-6-10(2)13(9)18-8-11(15)14-7-12(16)17-3/h4-6H,7-8H2,1-3H3,(H,14,15). The van der Waals surface area contributed by atoms with E-state index < -0.39 is 5.97 Å². The molecule has 1 aromatic rings. The van der Waals surface area contributed by atoms with Crippen molar-refractivity contribution >= 4 is 11.9 Å². The molecule has 98 valence electrons. The first-order valence-corrected chi connectivity index (χ1v) is 5.57. The van der Waals surface area contributed by atoms with Crippen molar-refractivity contribution in [2.24, 2.45) is 0 Å². The number of benzene rings is 1. The van der Waals surface area contributed by atoms with E-state index in [1.807, 2.05) is 32.0 Å². The molecule has 0 bridgehead atoms. The highest BCUT2D eigenvalue weighted by Crippen LogP contribution is 2.21. The zero-order chi connectivity index (χ0) is 13.5. The van der Waals surface area contributed by atoms with Crippen molar-refractivity contribution < 1.29 is 19.1 Å². The lowest BCUT2D eigenvalue weighted by Gasteiger charge is -2.11. The van der Waals surface area contributed by atoms with Crippen LogP contribution in [0.4, 0.5) is 0 Å². The number of esters is 1. The molecule has 1 amide bonds. The van der Waals surface area contributed by atoms with Gasteiger partial charge in [-0.2, -0.15) is 0 Å². The van der Waals surface area contributed by atoms with Gasteiger partial charge in [0.15, 0.2) is 6.61 Å². The average molecular weight is 251 g/mol. The molecule has 0 radical (unpaired) electrons. The second kappa shape index (κ2) is 6.64. The number of ether oxygens (including phenoxy) is 2. The molecule has 0 saturated heterocycles. The summed E-state index contributed by atoms with van der Waals surface area (Å²) < 4.78 is 9.84. The molecule has 5 heteroatoms. The van der Waals surface area contributed by atoms with E-state index in [4.69, 9.17) is 4.74 Å². The van der Waals surface area contributed by atoms with Crippen molar-refractivity contribution in [3.63, 3.8) is 0 Å². The molecule has 0 fully saturated rings. The lowest BCUT2D eigenvalue weighted by atomic mass is 10.1. The molecular formula is C13H17NO4. The van der Waals surface area contributed by atoms with Crippen LogP contribution in [-0.4, -0.2) is 32.1 Å². The number of amides is 1. The minimum Gasteiger partial charge on any atom is -0.483 e. The van der Waals surface area contributed by atoms with Gasteiger partial charge in [0, 0.05) is 0 Å². The van der Waals surface area contributed by atoms with E-state index in [0.717, 1.165) is 11.1 Å². The first-order chi connectivity index (χ1) is 8.54. The third-order valence-corrected chi connectivity index (χ3v) is 2.41. The van der Waals surface area contributed by atoms with E-state index in [2.05, 4.69) is 10.1 Å². The minimum atomic E-state index is -0.490. The van der Waals surface area contributed by atoms with Gasteiger partial charge in [-0.1, -0.05) is 18.2 Å². The average Bonchev–Trinajstić information content (AvgIpc) is 2.35. The van der Waals surface area contributed by atoms with Gasteiger partial charge in [0.05, 0.1) is 7.11 Å². The van der Waals surface area contributed by atoms with Gasteiger partial charge in [0.2, 0.25) is 0 Å². The van der Waals surface area contributed by atoms with E-state index in [-0.39, 0.29) is 19.1 Å². The van der Waals surface area contributed by atoms with E-state index in [0.29, 0.717) is 5.75 Å². The quantitative estimate of drug-likeness (QED) is 0.792. The van der Waals surface area contributed by atoms with Gasteiger partial charge in [-0.15, -0.1) is 0 Å². The van der Waals surface area contributed by atoms with Crippen LogP contribution in [0.2, 0.25) is 0 Å². The van der Waals surface area contributed by atoms with Crippen molar-refractivity contribution in [2.75, 3.05) is 20.3 Å². The van der Waals surface area contributed by atoms with E-state index in [9.17, 15) is 9.59 Å². The maximum Gasteiger partial charge on any atom is 0.325 e. The van der Waals surface area contributed by atoms with Crippen molar-refractivity contribution in [3.05, 3.63) is 29.3 Å². The van der Waals surface area contributed by atoms with Crippen molar-refractivity contribution in [1.29, 1.82) is 0 Å². The highest BCUT2D eigenvalue weighted by molar-refractivity contribution is 5.82. The smallest absolute Gasteiger partial charge is 0.325 e. The predicted octanol–water partition coefficient (Wildman–Crippen LogP) is 0.971. The molecule has 1 aromatic carbocycles. The molecule has 18 heavy (non-hydrogen) atoms. The zero-order valence-electron chi connectivity index (χ0n) is 10.8. The molecule has 1 N–H and O–H groups in total. The van der Waals surface area contributed by atoms with Crippen LogP contribution in [0.5, 0.6) is 5.75 Å². The molecule has 5 nitrogen and oxygen atoms in total. The maximum atomic E-state index is 11.4. The molecule has 0 aliphatic heterocycles. The number of hydrogen-bond donors (Lipinski definition) is 1. The fraction of sp³-hybridized carbons (Fsp3) is 0.385. The van der Waals surface area contributed by atoms with Gasteiger partial charge in [-0.3, -0.25) is 9.59 Å². The predicted molar refractivity (Wildman–Crippen MR) is 66.4 cm³/mol. The van der Waals surface area contributed by atoms with E-state index >= 15 is 0 Å². The Bertz CT molecular complexity index is 422. The van der Waals surface area contributed by atoms with Gasteiger partial charge in [0.1, 0.15) is 12.3 Å². The first kappa shape index (κ1) is 14.0. The van der Waals surface area contributed by atoms with Crippen LogP contribution in [0.3, 0.4) is 0 Å². The normalized spacial score (nSPS) is 9.72. The second-order valence-electron chi connectivity index (χ2n) is 3.86. The van der Waals surface area contributed by atoms with Gasteiger partial charge in [-0.05, 0) is 25.0 Å². The van der Waals surface area contributed by atoms with Gasteiger partial charge >= 0.3 is 5.97 Å². The Kier molecular flexibility index (Phi) is 5.17. The molecule has 1 rings (SSSR count). The number of carbonyl (C=O) groups is 2. The van der Waals surface area contributed by atoms with Crippen molar-refractivity contribution in [3.8, 4) is 5.75 Å². The maximum absolute atomic E-state index is 11.4. The number of para-hydroxylation sites is 1. The van der Waals surface area contributed by atoms with Gasteiger partial charge in [0.25, 0.3) is 5.91 Å². The number of aryl methyl sites for hydroxylation is 2. The Morgan fingerprint density at radius 3 is 2.39 bits per heavy atom. The fourth-order valence-corrected chi connectivity index (χ4v) is 1.46. The highest BCUT2D eigenvalue weighted by atomic mass is 16.5. The summed E-state index contributed by atoms with van der Waals surface area (Å²) >= 11 is 0. The summed E-state index contributed by atoms with van der Waals surface area (Å²) in [4.78, 5) is 22.2. The van der Waals surface area contributed by atoms with Crippen molar-refractivity contribution in [2.45, 2.75) is 13.8 Å². The summed E-state index contributed by atoms with van der Waals surface area (Å²) in [6, 6.07) is 5.75. The fourth-order valence-electron chi connectivity index (χ4n) is 1.46. The van der Waals surface area contributed by atoms with Crippen LogP contribution in [0.1, 0.15) is 11.1 Å². The summed E-state index contributed by atoms with van der Waals surface area (Å²) in [5.74, 6) is -0.149. The number of carbonyl (C=O) groups excluding carboxylic acids is 2. The zero-order valence-corrected chi connectivity index (χ0v) is 10.8. The van der Waals surface area contributed by atoms with Crippen LogP contribution in [0.25, 0.3) is 0 Å². The molecule has 0 aromatic heterocycles. The number of methoxy groups -OCH3 is 1. The Labute approximate surface area is 106 Å². The summed E-state index contributed by atoms with van der Waals surface area (Å²) in [5, 5.41) is 2.40. The Balaban J connectivity index is 2.45.